The number of sulfonamides is 1. The second-order valence-corrected chi connectivity index (χ2v) is 6.94. The van der Waals surface area contributed by atoms with Crippen LogP contribution < -0.4 is 9.46 Å². The Morgan fingerprint density at radius 1 is 1.30 bits per heavy atom. The molecule has 1 aromatic rings. The molecule has 0 aliphatic carbocycles. The molecule has 0 heterocycles. The van der Waals surface area contributed by atoms with Crippen molar-refractivity contribution < 1.29 is 22.7 Å². The van der Waals surface area contributed by atoms with Crippen LogP contribution in [0.5, 0.6) is 5.75 Å². The standard InChI is InChI=1S/C13H19NO5S/c1-13(2,3)19-12(15)14-20(16,17)9-10-6-5-7-11(8-10)18-4/h5-8H,9H2,1-4H3,(H,14,15). The van der Waals surface area contributed by atoms with Gasteiger partial charge in [-0.3, -0.25) is 0 Å². The van der Waals surface area contributed by atoms with E-state index in [4.69, 9.17) is 9.47 Å². The Hall–Kier alpha value is -1.76. The fourth-order valence-corrected chi connectivity index (χ4v) is 2.43. The van der Waals surface area contributed by atoms with Gasteiger partial charge in [-0.25, -0.2) is 17.9 Å². The van der Waals surface area contributed by atoms with Gasteiger partial charge in [-0.15, -0.1) is 0 Å². The van der Waals surface area contributed by atoms with E-state index in [9.17, 15) is 13.2 Å². The topological polar surface area (TPSA) is 81.7 Å². The highest BCUT2D eigenvalue weighted by Crippen LogP contribution is 2.15. The second kappa shape index (κ2) is 6.13. The molecule has 0 aliphatic rings. The van der Waals surface area contributed by atoms with Crippen molar-refractivity contribution in [1.29, 1.82) is 0 Å². The van der Waals surface area contributed by atoms with Crippen LogP contribution in [0, 0.1) is 0 Å². The van der Waals surface area contributed by atoms with Gasteiger partial charge in [0.25, 0.3) is 0 Å². The minimum absolute atomic E-state index is 0.330. The fourth-order valence-electron chi connectivity index (χ4n) is 1.44. The minimum Gasteiger partial charge on any atom is -0.497 e. The molecule has 0 unspecified atom stereocenters. The molecule has 0 saturated carbocycles. The van der Waals surface area contributed by atoms with E-state index in [-0.39, 0.29) is 5.75 Å². The summed E-state index contributed by atoms with van der Waals surface area (Å²) in [6.45, 7) is 4.96. The van der Waals surface area contributed by atoms with E-state index in [1.54, 1.807) is 45.0 Å². The lowest BCUT2D eigenvalue weighted by molar-refractivity contribution is 0.0570. The predicted octanol–water partition coefficient (Wildman–Crippen LogP) is 2.05. The normalized spacial score (nSPS) is 11.8. The zero-order valence-corrected chi connectivity index (χ0v) is 12.8. The van der Waals surface area contributed by atoms with E-state index in [1.807, 2.05) is 4.72 Å². The summed E-state index contributed by atoms with van der Waals surface area (Å²) in [6.07, 6.45) is -0.986. The summed E-state index contributed by atoms with van der Waals surface area (Å²) < 4.78 is 35.5. The first-order valence-corrected chi connectivity index (χ1v) is 7.63. The predicted molar refractivity (Wildman–Crippen MR) is 75.0 cm³/mol. The minimum atomic E-state index is -3.81. The van der Waals surface area contributed by atoms with Gasteiger partial charge in [0.15, 0.2) is 0 Å². The molecule has 20 heavy (non-hydrogen) atoms. The summed E-state index contributed by atoms with van der Waals surface area (Å²) in [5.74, 6) is 0.221. The van der Waals surface area contributed by atoms with E-state index < -0.39 is 21.7 Å². The van der Waals surface area contributed by atoms with Crippen LogP contribution in [0.25, 0.3) is 0 Å². The molecular weight excluding hydrogens is 282 g/mol. The van der Waals surface area contributed by atoms with Crippen LogP contribution in [0.1, 0.15) is 26.3 Å². The maximum Gasteiger partial charge on any atom is 0.421 e. The third kappa shape index (κ3) is 5.92. The number of benzene rings is 1. The van der Waals surface area contributed by atoms with E-state index in [0.29, 0.717) is 11.3 Å². The lowest BCUT2D eigenvalue weighted by Crippen LogP contribution is -2.36. The highest BCUT2D eigenvalue weighted by atomic mass is 32.2. The van der Waals surface area contributed by atoms with Gasteiger partial charge in [-0.05, 0) is 38.5 Å². The number of amides is 1. The van der Waals surface area contributed by atoms with Gasteiger partial charge < -0.3 is 9.47 Å². The third-order valence-corrected chi connectivity index (χ3v) is 3.32. The van der Waals surface area contributed by atoms with E-state index >= 15 is 0 Å². The van der Waals surface area contributed by atoms with Gasteiger partial charge in [-0.1, -0.05) is 12.1 Å². The van der Waals surface area contributed by atoms with Gasteiger partial charge in [0, 0.05) is 0 Å². The number of rotatable bonds is 4. The molecule has 0 atom stereocenters. The summed E-state index contributed by atoms with van der Waals surface area (Å²) in [4.78, 5) is 11.5. The number of carbonyl (C=O) groups is 1. The van der Waals surface area contributed by atoms with Crippen LogP contribution in [0.2, 0.25) is 0 Å². The Kier molecular flexibility index (Phi) is 4.99. The van der Waals surface area contributed by atoms with Gasteiger partial charge >= 0.3 is 6.09 Å². The quantitative estimate of drug-likeness (QED) is 0.920. The van der Waals surface area contributed by atoms with Crippen molar-refractivity contribution in [3.05, 3.63) is 29.8 Å². The molecule has 7 heteroatoms. The van der Waals surface area contributed by atoms with Crippen molar-refractivity contribution in [2.24, 2.45) is 0 Å². The lowest BCUT2D eigenvalue weighted by Gasteiger charge is -2.19. The molecule has 1 rings (SSSR count). The molecule has 112 valence electrons. The van der Waals surface area contributed by atoms with Crippen LogP contribution in [0.3, 0.4) is 0 Å². The molecule has 1 amide bonds. The third-order valence-electron chi connectivity index (χ3n) is 2.13. The molecule has 0 bridgehead atoms. The van der Waals surface area contributed by atoms with Gasteiger partial charge in [-0.2, -0.15) is 0 Å². The molecule has 0 spiro atoms. The van der Waals surface area contributed by atoms with Crippen molar-refractivity contribution in [3.63, 3.8) is 0 Å². The first kappa shape index (κ1) is 16.3. The van der Waals surface area contributed by atoms with Gasteiger partial charge in [0.1, 0.15) is 11.4 Å². The maximum atomic E-state index is 11.8. The second-order valence-electron chi connectivity index (χ2n) is 5.21. The molecule has 0 fully saturated rings. The smallest absolute Gasteiger partial charge is 0.421 e. The Morgan fingerprint density at radius 2 is 1.95 bits per heavy atom. The highest BCUT2D eigenvalue weighted by Gasteiger charge is 2.21. The lowest BCUT2D eigenvalue weighted by atomic mass is 10.2. The molecule has 1 N–H and O–H groups in total. The molecule has 0 aliphatic heterocycles. The van der Waals surface area contributed by atoms with E-state index in [1.165, 1.54) is 7.11 Å². The summed E-state index contributed by atoms with van der Waals surface area (Å²) in [5.41, 5.74) is -0.240. The molecular formula is C13H19NO5S. The Bertz CT molecular complexity index is 575. The van der Waals surface area contributed by atoms with Gasteiger partial charge in [0.2, 0.25) is 10.0 Å². The summed E-state index contributed by atoms with van der Waals surface area (Å²) in [7, 11) is -2.32. The molecule has 6 nitrogen and oxygen atoms in total. The van der Waals surface area contributed by atoms with Crippen molar-refractivity contribution >= 4 is 16.1 Å². The number of ether oxygens (including phenoxy) is 2. The van der Waals surface area contributed by atoms with Crippen molar-refractivity contribution in [1.82, 2.24) is 4.72 Å². The first-order chi connectivity index (χ1) is 9.11. The summed E-state index contributed by atoms with van der Waals surface area (Å²) in [6, 6.07) is 6.61. The first-order valence-electron chi connectivity index (χ1n) is 5.98. The van der Waals surface area contributed by atoms with Crippen molar-refractivity contribution in [2.45, 2.75) is 32.1 Å². The van der Waals surface area contributed by atoms with Crippen molar-refractivity contribution in [3.8, 4) is 5.75 Å². The SMILES string of the molecule is COc1cccc(CS(=O)(=O)NC(=O)OC(C)(C)C)c1. The number of carbonyl (C=O) groups excluding carboxylic acids is 1. The van der Waals surface area contributed by atoms with Gasteiger partial charge in [0.05, 0.1) is 12.9 Å². The zero-order valence-electron chi connectivity index (χ0n) is 12.0. The Morgan fingerprint density at radius 3 is 2.50 bits per heavy atom. The molecule has 0 saturated heterocycles. The molecule has 0 radical (unpaired) electrons. The Balaban J connectivity index is 2.72. The average molecular weight is 301 g/mol. The zero-order chi connectivity index (χ0) is 15.4. The van der Waals surface area contributed by atoms with Crippen LogP contribution in [-0.4, -0.2) is 27.2 Å². The van der Waals surface area contributed by atoms with Crippen LogP contribution >= 0.6 is 0 Å². The number of hydrogen-bond donors (Lipinski definition) is 1. The van der Waals surface area contributed by atoms with E-state index in [2.05, 4.69) is 0 Å². The number of nitrogens with one attached hydrogen (secondary N) is 1. The van der Waals surface area contributed by atoms with Crippen LogP contribution in [0.15, 0.2) is 24.3 Å². The molecule has 0 aromatic heterocycles. The fraction of sp³-hybridized carbons (Fsp3) is 0.462. The van der Waals surface area contributed by atoms with Crippen LogP contribution in [-0.2, 0) is 20.5 Å². The monoisotopic (exact) mass is 301 g/mol. The number of methoxy groups -OCH3 is 1. The van der Waals surface area contributed by atoms with Crippen molar-refractivity contribution in [2.75, 3.05) is 7.11 Å². The number of hydrogen-bond acceptors (Lipinski definition) is 5. The largest absolute Gasteiger partial charge is 0.497 e. The Labute approximate surface area is 119 Å². The summed E-state index contributed by atoms with van der Waals surface area (Å²) in [5, 5.41) is 0. The highest BCUT2D eigenvalue weighted by molar-refractivity contribution is 7.89. The van der Waals surface area contributed by atoms with Crippen LogP contribution in [0.4, 0.5) is 4.79 Å². The van der Waals surface area contributed by atoms with E-state index in [0.717, 1.165) is 0 Å². The maximum absolute atomic E-state index is 11.8. The summed E-state index contributed by atoms with van der Waals surface area (Å²) >= 11 is 0. The average Bonchev–Trinajstić information content (AvgIpc) is 2.24. The molecule has 1 aromatic carbocycles.